The Balaban J connectivity index is 1.15. The minimum Gasteiger partial charge on any atom is -0.465 e. The molecule has 1 aliphatic carbocycles. The maximum absolute atomic E-state index is 13.1. The van der Waals surface area contributed by atoms with Crippen LogP contribution in [-0.4, -0.2) is 49.2 Å². The first-order chi connectivity index (χ1) is 24.5. The summed E-state index contributed by atoms with van der Waals surface area (Å²) < 4.78 is 27.0. The molecule has 51 heavy (non-hydrogen) atoms. The van der Waals surface area contributed by atoms with Crippen LogP contribution in [-0.2, 0) is 44.6 Å². The molecule has 0 spiro atoms. The van der Waals surface area contributed by atoms with E-state index in [1.54, 1.807) is 37.3 Å². The lowest BCUT2D eigenvalue weighted by Crippen LogP contribution is -2.30. The molecule has 0 amide bonds. The molecule has 1 heterocycles. The van der Waals surface area contributed by atoms with Gasteiger partial charge in [0.1, 0.15) is 41.9 Å². The first kappa shape index (κ1) is 38.7. The Bertz CT molecular complexity index is 1770. The molecule has 0 bridgehead atoms. The molecule has 0 saturated heterocycles. The number of hydrogen-bond donors (Lipinski definition) is 0. The number of ether oxygens (including phenoxy) is 5. The standard InChI is InChI=1S/C37H36N2O10S2/c1-4-30(40)47-23(3)21-46-32(42)16-15-31(41)45-18-17-24-6-12-28(13-7-24)48-35(43)25-8-10-26(11-9-25)36(44)49-29-14-5-22(2)33-34(29)51-37(50-33)27(19-38)20-39/h4-7,12-14,23,25-26H,1,8-11,15-18,21H2,2-3H3. The number of esters is 5. The summed E-state index contributed by atoms with van der Waals surface area (Å²) in [7, 11) is 0. The number of carbonyl (C=O) groups excluding carboxylic acids is 5. The van der Waals surface area contributed by atoms with Gasteiger partial charge >= 0.3 is 29.8 Å². The number of nitriles is 2. The van der Waals surface area contributed by atoms with Gasteiger partial charge in [-0.15, -0.1) is 0 Å². The van der Waals surface area contributed by atoms with Gasteiger partial charge in [-0.25, -0.2) is 4.79 Å². The van der Waals surface area contributed by atoms with Crippen molar-refractivity contribution in [3.05, 3.63) is 70.0 Å². The Hall–Kier alpha value is -5.05. The second-order valence-electron chi connectivity index (χ2n) is 11.8. The lowest BCUT2D eigenvalue weighted by Gasteiger charge is -2.26. The normalized spacial score (nSPS) is 16.7. The van der Waals surface area contributed by atoms with Crippen molar-refractivity contribution < 1.29 is 47.7 Å². The van der Waals surface area contributed by atoms with Crippen LogP contribution >= 0.6 is 23.5 Å². The lowest BCUT2D eigenvalue weighted by molar-refractivity contribution is -0.156. The van der Waals surface area contributed by atoms with E-state index in [1.807, 2.05) is 25.1 Å². The summed E-state index contributed by atoms with van der Waals surface area (Å²) in [4.78, 5) is 62.5. The minimum atomic E-state index is -0.642. The van der Waals surface area contributed by atoms with Gasteiger partial charge in [-0.2, -0.15) is 10.5 Å². The number of hydrogen-bond acceptors (Lipinski definition) is 14. The molecular formula is C37H36N2O10S2. The Morgan fingerprint density at radius 2 is 1.45 bits per heavy atom. The Labute approximate surface area is 304 Å². The van der Waals surface area contributed by atoms with Crippen LogP contribution < -0.4 is 9.47 Å². The van der Waals surface area contributed by atoms with Crippen LogP contribution in [0.2, 0.25) is 0 Å². The van der Waals surface area contributed by atoms with Gasteiger partial charge < -0.3 is 23.7 Å². The Kier molecular flexibility index (Phi) is 14.3. The predicted octanol–water partition coefficient (Wildman–Crippen LogP) is 6.30. The number of fused-ring (bicyclic) bond motifs is 1. The molecule has 0 radical (unpaired) electrons. The maximum atomic E-state index is 13.1. The molecule has 2 aliphatic rings. The van der Waals surface area contributed by atoms with Gasteiger partial charge in [-0.05, 0) is 68.9 Å². The minimum absolute atomic E-state index is 0.0202. The summed E-state index contributed by atoms with van der Waals surface area (Å²) >= 11 is 2.58. The molecule has 4 rings (SSSR count). The number of benzene rings is 2. The highest BCUT2D eigenvalue weighted by molar-refractivity contribution is 8.24. The van der Waals surface area contributed by atoms with Gasteiger partial charge in [0.15, 0.2) is 0 Å². The van der Waals surface area contributed by atoms with Crippen molar-refractivity contribution in [2.75, 3.05) is 13.2 Å². The fourth-order valence-corrected chi connectivity index (χ4v) is 7.73. The highest BCUT2D eigenvalue weighted by Gasteiger charge is 2.34. The summed E-state index contributed by atoms with van der Waals surface area (Å²) in [5.74, 6) is -2.51. The van der Waals surface area contributed by atoms with Crippen molar-refractivity contribution in [2.24, 2.45) is 11.8 Å². The van der Waals surface area contributed by atoms with Crippen LogP contribution in [0.25, 0.3) is 0 Å². The van der Waals surface area contributed by atoms with Crippen molar-refractivity contribution in [1.29, 1.82) is 10.5 Å². The first-order valence-corrected chi connectivity index (χ1v) is 17.8. The van der Waals surface area contributed by atoms with Gasteiger partial charge in [0.25, 0.3) is 0 Å². The summed E-state index contributed by atoms with van der Waals surface area (Å²) in [6.07, 6.45) is 2.34. The zero-order valence-electron chi connectivity index (χ0n) is 28.1. The Morgan fingerprint density at radius 3 is 2.06 bits per heavy atom. The van der Waals surface area contributed by atoms with Crippen molar-refractivity contribution in [2.45, 2.75) is 74.7 Å². The van der Waals surface area contributed by atoms with Crippen LogP contribution in [0, 0.1) is 41.4 Å². The van der Waals surface area contributed by atoms with Crippen molar-refractivity contribution >= 4 is 53.4 Å². The first-order valence-electron chi connectivity index (χ1n) is 16.2. The van der Waals surface area contributed by atoms with Crippen molar-refractivity contribution in [3.8, 4) is 23.6 Å². The topological polar surface area (TPSA) is 179 Å². The van der Waals surface area contributed by atoms with E-state index in [0.717, 1.165) is 22.1 Å². The van der Waals surface area contributed by atoms with Gasteiger partial charge in [0.05, 0.1) is 40.4 Å². The van der Waals surface area contributed by atoms with E-state index in [-0.39, 0.29) is 55.4 Å². The number of thioether (sulfide) groups is 2. The molecule has 14 heteroatoms. The monoisotopic (exact) mass is 732 g/mol. The third-order valence-corrected chi connectivity index (χ3v) is 10.7. The second-order valence-corrected chi connectivity index (χ2v) is 14.1. The van der Waals surface area contributed by atoms with E-state index in [0.29, 0.717) is 52.7 Å². The zero-order valence-corrected chi connectivity index (χ0v) is 29.8. The zero-order chi connectivity index (χ0) is 36.9. The number of carbonyl (C=O) groups is 5. The molecule has 1 unspecified atom stereocenters. The molecule has 0 N–H and O–H groups in total. The lowest BCUT2D eigenvalue weighted by atomic mass is 9.82. The van der Waals surface area contributed by atoms with Gasteiger partial charge in [0.2, 0.25) is 0 Å². The van der Waals surface area contributed by atoms with E-state index >= 15 is 0 Å². The molecular weight excluding hydrogens is 697 g/mol. The van der Waals surface area contributed by atoms with Gasteiger partial charge in [-0.1, -0.05) is 48.3 Å². The molecule has 1 atom stereocenters. The average Bonchev–Trinajstić information content (AvgIpc) is 3.58. The fraction of sp³-hybridized carbons (Fsp3) is 0.378. The van der Waals surface area contributed by atoms with Crippen LogP contribution in [0.15, 0.2) is 68.7 Å². The number of aryl methyl sites for hydroxylation is 1. The summed E-state index contributed by atoms with van der Waals surface area (Å²) in [6, 6.07) is 14.2. The van der Waals surface area contributed by atoms with Gasteiger partial charge in [-0.3, -0.25) is 19.2 Å². The van der Waals surface area contributed by atoms with Crippen LogP contribution in [0.1, 0.15) is 56.6 Å². The smallest absolute Gasteiger partial charge is 0.330 e. The molecule has 1 aliphatic heterocycles. The maximum Gasteiger partial charge on any atom is 0.330 e. The van der Waals surface area contributed by atoms with Crippen LogP contribution in [0.4, 0.5) is 0 Å². The van der Waals surface area contributed by atoms with Crippen LogP contribution in [0.3, 0.4) is 0 Å². The van der Waals surface area contributed by atoms with Crippen LogP contribution in [0.5, 0.6) is 11.5 Å². The number of nitrogens with zero attached hydrogens (tertiary/aromatic N) is 2. The third kappa shape index (κ3) is 11.2. The van der Waals surface area contributed by atoms with Crippen molar-refractivity contribution in [3.63, 3.8) is 0 Å². The highest BCUT2D eigenvalue weighted by Crippen LogP contribution is 2.56. The SMILES string of the molecule is C=CC(=O)OC(C)COC(=O)CCC(=O)OCCc1ccc(OC(=O)C2CCC(C(=O)Oc3ccc(C)c4c3SC(=C(C#N)C#N)S4)CC2)cc1. The van der Waals surface area contributed by atoms with E-state index < -0.39 is 24.0 Å². The van der Waals surface area contributed by atoms with E-state index in [2.05, 4.69) is 6.58 Å². The number of rotatable bonds is 14. The molecule has 266 valence electrons. The van der Waals surface area contributed by atoms with E-state index in [1.165, 1.54) is 23.5 Å². The Morgan fingerprint density at radius 1 is 0.863 bits per heavy atom. The van der Waals surface area contributed by atoms with Gasteiger partial charge in [0, 0.05) is 17.4 Å². The summed E-state index contributed by atoms with van der Waals surface area (Å²) in [5, 5.41) is 18.5. The molecule has 1 saturated carbocycles. The molecule has 2 aromatic carbocycles. The largest absolute Gasteiger partial charge is 0.465 e. The van der Waals surface area contributed by atoms with E-state index in [9.17, 15) is 34.5 Å². The summed E-state index contributed by atoms with van der Waals surface area (Å²) in [5.41, 5.74) is 1.82. The highest BCUT2D eigenvalue weighted by atomic mass is 32.2. The molecule has 1 fully saturated rings. The van der Waals surface area contributed by atoms with E-state index in [4.69, 9.17) is 23.7 Å². The van der Waals surface area contributed by atoms with Crippen molar-refractivity contribution in [1.82, 2.24) is 0 Å². The quantitative estimate of drug-likeness (QED) is 0.0695. The molecule has 2 aromatic rings. The second kappa shape index (κ2) is 18.8. The number of allylic oxidation sites excluding steroid dienone is 1. The summed E-state index contributed by atoms with van der Waals surface area (Å²) in [6.45, 7) is 6.73. The average molecular weight is 733 g/mol. The molecule has 0 aromatic heterocycles. The third-order valence-electron chi connectivity index (χ3n) is 7.99. The fourth-order valence-electron chi connectivity index (χ4n) is 5.17. The predicted molar refractivity (Wildman–Crippen MR) is 185 cm³/mol. The molecule has 12 nitrogen and oxygen atoms in total.